The van der Waals surface area contributed by atoms with E-state index >= 15 is 0 Å². The second-order valence-electron chi connectivity index (χ2n) is 5.39. The molecule has 0 saturated heterocycles. The minimum atomic E-state index is 0.409. The molecular formula is C17H28O. The van der Waals surface area contributed by atoms with E-state index in [0.29, 0.717) is 5.92 Å². The number of carbonyl (C=O) groups is 1. The average Bonchev–Trinajstić information content (AvgIpc) is 2.84. The number of aldehydes is 1. The summed E-state index contributed by atoms with van der Waals surface area (Å²) in [6, 6.07) is 0. The summed E-state index contributed by atoms with van der Waals surface area (Å²) in [5, 5.41) is 0. The zero-order valence-corrected chi connectivity index (χ0v) is 11.9. The molecule has 1 rings (SSSR count). The molecule has 1 unspecified atom stereocenters. The first kappa shape index (κ1) is 15.2. The normalized spacial score (nSPS) is 18.1. The van der Waals surface area contributed by atoms with Crippen molar-refractivity contribution in [3.8, 4) is 0 Å². The van der Waals surface area contributed by atoms with Crippen molar-refractivity contribution in [2.24, 2.45) is 5.92 Å². The van der Waals surface area contributed by atoms with Crippen LogP contribution < -0.4 is 0 Å². The Labute approximate surface area is 112 Å². The van der Waals surface area contributed by atoms with E-state index in [1.807, 2.05) is 12.2 Å². The fourth-order valence-electron chi connectivity index (χ4n) is 2.60. The lowest BCUT2D eigenvalue weighted by atomic mass is 9.96. The lowest BCUT2D eigenvalue weighted by molar-refractivity contribution is -0.105. The van der Waals surface area contributed by atoms with Crippen molar-refractivity contribution in [3.63, 3.8) is 0 Å². The maximum atomic E-state index is 10.8. The molecule has 0 spiro atoms. The van der Waals surface area contributed by atoms with Crippen molar-refractivity contribution >= 4 is 6.29 Å². The molecule has 0 aromatic rings. The van der Waals surface area contributed by atoms with Crippen molar-refractivity contribution in [2.75, 3.05) is 0 Å². The quantitative estimate of drug-likeness (QED) is 0.362. The van der Waals surface area contributed by atoms with Gasteiger partial charge >= 0.3 is 0 Å². The summed E-state index contributed by atoms with van der Waals surface area (Å²) in [4.78, 5) is 10.8. The van der Waals surface area contributed by atoms with Crippen molar-refractivity contribution in [1.82, 2.24) is 0 Å². The highest BCUT2D eigenvalue weighted by Crippen LogP contribution is 2.23. The number of unbranched alkanes of at least 4 members (excludes halogenated alkanes) is 8. The van der Waals surface area contributed by atoms with Gasteiger partial charge in [0.25, 0.3) is 0 Å². The Hall–Kier alpha value is -0.850. The lowest BCUT2D eigenvalue weighted by Crippen LogP contribution is -1.99. The summed E-state index contributed by atoms with van der Waals surface area (Å²) in [5.41, 5.74) is 0.967. The van der Waals surface area contributed by atoms with Gasteiger partial charge in [0.2, 0.25) is 0 Å². The molecule has 0 fully saturated rings. The van der Waals surface area contributed by atoms with Crippen LogP contribution in [0.25, 0.3) is 0 Å². The van der Waals surface area contributed by atoms with Crippen LogP contribution in [-0.2, 0) is 4.79 Å². The van der Waals surface area contributed by atoms with Crippen LogP contribution in [0.5, 0.6) is 0 Å². The van der Waals surface area contributed by atoms with Crippen LogP contribution in [0.15, 0.2) is 23.8 Å². The minimum Gasteiger partial charge on any atom is -0.298 e. The molecule has 0 bridgehead atoms. The largest absolute Gasteiger partial charge is 0.298 e. The van der Waals surface area contributed by atoms with Gasteiger partial charge in [-0.3, -0.25) is 4.79 Å². The molecule has 1 aliphatic carbocycles. The highest BCUT2D eigenvalue weighted by atomic mass is 16.1. The van der Waals surface area contributed by atoms with Crippen LogP contribution in [0.3, 0.4) is 0 Å². The second-order valence-corrected chi connectivity index (χ2v) is 5.39. The summed E-state index contributed by atoms with van der Waals surface area (Å²) in [6.07, 6.45) is 20.6. The smallest absolute Gasteiger partial charge is 0.146 e. The molecule has 1 heteroatoms. The van der Waals surface area contributed by atoms with Gasteiger partial charge in [0.05, 0.1) is 0 Å². The monoisotopic (exact) mass is 248 g/mol. The molecule has 102 valence electrons. The zero-order chi connectivity index (χ0) is 13.1. The number of hydrogen-bond acceptors (Lipinski definition) is 1. The Balaban J connectivity index is 1.88. The third-order valence-corrected chi connectivity index (χ3v) is 3.82. The van der Waals surface area contributed by atoms with E-state index in [9.17, 15) is 4.79 Å². The number of hydrogen-bond donors (Lipinski definition) is 0. The van der Waals surface area contributed by atoms with E-state index in [0.717, 1.165) is 18.3 Å². The fraction of sp³-hybridized carbons (Fsp3) is 0.706. The predicted octanol–water partition coefficient (Wildman–Crippen LogP) is 5.22. The SMILES string of the molecule is CCCCCCCCCCCC1C=CC=C1C=O. The molecule has 18 heavy (non-hydrogen) atoms. The highest BCUT2D eigenvalue weighted by Gasteiger charge is 2.12. The van der Waals surface area contributed by atoms with Crippen LogP contribution in [-0.4, -0.2) is 6.29 Å². The first-order valence-electron chi connectivity index (χ1n) is 7.72. The zero-order valence-electron chi connectivity index (χ0n) is 11.9. The van der Waals surface area contributed by atoms with Crippen LogP contribution in [0.4, 0.5) is 0 Å². The molecule has 0 saturated carbocycles. The predicted molar refractivity (Wildman–Crippen MR) is 78.6 cm³/mol. The second kappa shape index (κ2) is 10.1. The molecule has 0 aromatic heterocycles. The maximum Gasteiger partial charge on any atom is 0.146 e. The molecule has 0 aliphatic heterocycles. The molecule has 1 atom stereocenters. The molecule has 0 amide bonds. The Kier molecular flexibility index (Phi) is 8.54. The Morgan fingerprint density at radius 1 is 1.00 bits per heavy atom. The Morgan fingerprint density at radius 2 is 1.61 bits per heavy atom. The molecule has 0 aromatic carbocycles. The fourth-order valence-corrected chi connectivity index (χ4v) is 2.60. The van der Waals surface area contributed by atoms with Crippen LogP contribution in [0, 0.1) is 5.92 Å². The Bertz CT molecular complexity index is 275. The topological polar surface area (TPSA) is 17.1 Å². The van der Waals surface area contributed by atoms with E-state index in [1.165, 1.54) is 57.8 Å². The van der Waals surface area contributed by atoms with Gasteiger partial charge in [-0.05, 0) is 12.0 Å². The van der Waals surface area contributed by atoms with E-state index in [4.69, 9.17) is 0 Å². The van der Waals surface area contributed by atoms with Gasteiger partial charge in [0, 0.05) is 5.92 Å². The highest BCUT2D eigenvalue weighted by molar-refractivity contribution is 5.76. The van der Waals surface area contributed by atoms with Crippen LogP contribution in [0.1, 0.15) is 71.1 Å². The Morgan fingerprint density at radius 3 is 2.22 bits per heavy atom. The van der Waals surface area contributed by atoms with Gasteiger partial charge in [-0.2, -0.15) is 0 Å². The first-order valence-corrected chi connectivity index (χ1v) is 7.72. The molecule has 0 heterocycles. The summed E-state index contributed by atoms with van der Waals surface area (Å²) in [7, 11) is 0. The van der Waals surface area contributed by atoms with Crippen molar-refractivity contribution in [1.29, 1.82) is 0 Å². The minimum absolute atomic E-state index is 0.409. The van der Waals surface area contributed by atoms with Crippen molar-refractivity contribution in [2.45, 2.75) is 71.1 Å². The summed E-state index contributed by atoms with van der Waals surface area (Å²) in [5.74, 6) is 0.409. The van der Waals surface area contributed by atoms with Gasteiger partial charge in [-0.15, -0.1) is 0 Å². The van der Waals surface area contributed by atoms with Gasteiger partial charge < -0.3 is 0 Å². The molecule has 0 radical (unpaired) electrons. The molecule has 1 aliphatic rings. The van der Waals surface area contributed by atoms with E-state index in [2.05, 4.69) is 13.0 Å². The van der Waals surface area contributed by atoms with Gasteiger partial charge in [0.1, 0.15) is 6.29 Å². The summed E-state index contributed by atoms with van der Waals surface area (Å²) in [6.45, 7) is 2.26. The summed E-state index contributed by atoms with van der Waals surface area (Å²) >= 11 is 0. The number of allylic oxidation sites excluding steroid dienone is 4. The molecule has 0 N–H and O–H groups in total. The van der Waals surface area contributed by atoms with Gasteiger partial charge in [0.15, 0.2) is 0 Å². The van der Waals surface area contributed by atoms with Crippen molar-refractivity contribution in [3.05, 3.63) is 23.8 Å². The van der Waals surface area contributed by atoms with Crippen LogP contribution in [0.2, 0.25) is 0 Å². The first-order chi connectivity index (χ1) is 8.88. The van der Waals surface area contributed by atoms with Crippen molar-refractivity contribution < 1.29 is 4.79 Å². The van der Waals surface area contributed by atoms with Gasteiger partial charge in [-0.1, -0.05) is 82.9 Å². The van der Waals surface area contributed by atoms with Gasteiger partial charge in [-0.25, -0.2) is 0 Å². The average molecular weight is 248 g/mol. The van der Waals surface area contributed by atoms with E-state index < -0.39 is 0 Å². The summed E-state index contributed by atoms with van der Waals surface area (Å²) < 4.78 is 0. The third kappa shape index (κ3) is 6.18. The molecule has 1 nitrogen and oxygen atoms in total. The van der Waals surface area contributed by atoms with Crippen LogP contribution >= 0.6 is 0 Å². The third-order valence-electron chi connectivity index (χ3n) is 3.82. The van der Waals surface area contributed by atoms with E-state index in [-0.39, 0.29) is 0 Å². The van der Waals surface area contributed by atoms with E-state index in [1.54, 1.807) is 0 Å². The number of rotatable bonds is 11. The molecular weight excluding hydrogens is 220 g/mol. The lowest BCUT2D eigenvalue weighted by Gasteiger charge is -2.08. The number of carbonyl (C=O) groups excluding carboxylic acids is 1. The maximum absolute atomic E-state index is 10.8. The standard InChI is InChI=1S/C17H28O/c1-2-3-4-5-6-7-8-9-10-12-16-13-11-14-17(16)15-18/h11,13-16H,2-10,12H2,1H3.